The molecule has 5 atom stereocenters. The molecular formula is C29H41NO8S. The molecule has 3 rings (SSSR count). The van der Waals surface area contributed by atoms with Crippen LogP contribution < -0.4 is 4.90 Å². The van der Waals surface area contributed by atoms with Gasteiger partial charge in [-0.3, -0.25) is 4.79 Å². The van der Waals surface area contributed by atoms with Gasteiger partial charge in [0.2, 0.25) is 5.91 Å². The van der Waals surface area contributed by atoms with E-state index in [4.69, 9.17) is 9.84 Å². The van der Waals surface area contributed by atoms with E-state index in [0.29, 0.717) is 11.3 Å². The molecule has 0 bridgehead atoms. The van der Waals surface area contributed by atoms with E-state index in [2.05, 4.69) is 6.92 Å². The van der Waals surface area contributed by atoms with Crippen molar-refractivity contribution in [2.24, 2.45) is 0 Å². The van der Waals surface area contributed by atoms with E-state index in [9.17, 15) is 30.0 Å². The number of carbonyl (C=O) groups excluding carboxylic acids is 2. The molecular weight excluding hydrogens is 522 g/mol. The predicted octanol–water partition coefficient (Wildman–Crippen LogP) is 3.11. The van der Waals surface area contributed by atoms with E-state index in [1.807, 2.05) is 35.2 Å². The number of amides is 1. The summed E-state index contributed by atoms with van der Waals surface area (Å²) in [6.07, 6.45) is 2.49. The fourth-order valence-electron chi connectivity index (χ4n) is 4.81. The van der Waals surface area contributed by atoms with E-state index in [0.717, 1.165) is 67.5 Å². The third kappa shape index (κ3) is 8.83. The molecule has 39 heavy (non-hydrogen) atoms. The molecule has 1 aromatic heterocycles. The molecule has 1 amide bonds. The van der Waals surface area contributed by atoms with Crippen LogP contribution >= 0.6 is 11.3 Å². The lowest BCUT2D eigenvalue weighted by molar-refractivity contribution is -0.117. The number of ether oxygens (including phenoxy) is 1. The lowest BCUT2D eigenvalue weighted by Gasteiger charge is -2.25. The molecule has 1 aliphatic rings. The van der Waals surface area contributed by atoms with E-state index >= 15 is 0 Å². The lowest BCUT2D eigenvalue weighted by atomic mass is 10.0. The molecule has 0 aliphatic carbocycles. The van der Waals surface area contributed by atoms with Crippen LogP contribution in [0.4, 0.5) is 5.69 Å². The van der Waals surface area contributed by atoms with Crippen molar-refractivity contribution < 1.29 is 39.9 Å². The number of rotatable bonds is 16. The van der Waals surface area contributed by atoms with E-state index in [1.165, 1.54) is 11.3 Å². The number of aliphatic hydroxyl groups excluding tert-OH is 5. The highest BCUT2D eigenvalue weighted by molar-refractivity contribution is 7.13. The quantitative estimate of drug-likeness (QED) is 0.155. The molecule has 216 valence electrons. The largest absolute Gasteiger partial charge is 0.459 e. The minimum Gasteiger partial charge on any atom is -0.459 e. The van der Waals surface area contributed by atoms with E-state index in [-0.39, 0.29) is 11.9 Å². The van der Waals surface area contributed by atoms with Crippen LogP contribution in [-0.2, 0) is 16.0 Å². The third-order valence-electron chi connectivity index (χ3n) is 7.15. The molecule has 5 N–H and O–H groups in total. The van der Waals surface area contributed by atoms with Crippen molar-refractivity contribution in [1.29, 1.82) is 0 Å². The third-order valence-corrected chi connectivity index (χ3v) is 8.27. The number of anilines is 1. The van der Waals surface area contributed by atoms with Gasteiger partial charge in [0, 0.05) is 23.0 Å². The van der Waals surface area contributed by atoms with Gasteiger partial charge in [-0.2, -0.15) is 0 Å². The number of nitrogens with zero attached hydrogens (tertiary/aromatic N) is 1. The standard InChI is InChI=1S/C29H41NO8S/c1-2-3-4-8-23(32)19-9-11-21(12-10-19)30-20(13-16-27(30)35)6-5-7-22-14-15-26(39-22)29(37)38-18-25(34)28(36)24(33)17-31/h9-12,14-15,20,23-25,28,31-34,36H,2-8,13,16-18H2,1H3/t20-,23-,24-,25+,28+/m0/s1. The Kier molecular flexibility index (Phi) is 12.4. The highest BCUT2D eigenvalue weighted by Gasteiger charge is 2.32. The summed E-state index contributed by atoms with van der Waals surface area (Å²) in [5.41, 5.74) is 1.73. The zero-order valence-corrected chi connectivity index (χ0v) is 23.3. The summed E-state index contributed by atoms with van der Waals surface area (Å²) >= 11 is 1.29. The molecule has 0 radical (unpaired) electrons. The number of unbranched alkanes of at least 4 members (excludes halogenated alkanes) is 2. The number of hydrogen-bond acceptors (Lipinski definition) is 9. The monoisotopic (exact) mass is 563 g/mol. The number of benzene rings is 1. The summed E-state index contributed by atoms with van der Waals surface area (Å²) < 4.78 is 5.04. The first-order chi connectivity index (χ1) is 18.7. The van der Waals surface area contributed by atoms with Gasteiger partial charge in [0.15, 0.2) is 0 Å². The van der Waals surface area contributed by atoms with Crippen LogP contribution in [0, 0.1) is 0 Å². The van der Waals surface area contributed by atoms with Gasteiger partial charge in [-0.05, 0) is 61.9 Å². The molecule has 2 aromatic rings. The summed E-state index contributed by atoms with van der Waals surface area (Å²) in [5, 5.41) is 48.1. The first-order valence-corrected chi connectivity index (χ1v) is 14.6. The highest BCUT2D eigenvalue weighted by Crippen LogP contribution is 2.31. The number of thiophene rings is 1. The maximum atomic E-state index is 12.7. The van der Waals surface area contributed by atoms with Crippen LogP contribution in [0.2, 0.25) is 0 Å². The normalized spacial score (nSPS) is 18.7. The molecule has 0 unspecified atom stereocenters. The number of aryl methyl sites for hydroxylation is 1. The number of aliphatic hydroxyl groups is 5. The molecule has 9 nitrogen and oxygen atoms in total. The average Bonchev–Trinajstić information content (AvgIpc) is 3.57. The van der Waals surface area contributed by atoms with Crippen molar-refractivity contribution in [3.05, 3.63) is 51.7 Å². The van der Waals surface area contributed by atoms with Crippen LogP contribution in [0.1, 0.15) is 84.5 Å². The second-order valence-electron chi connectivity index (χ2n) is 10.1. The molecule has 10 heteroatoms. The van der Waals surface area contributed by atoms with Crippen molar-refractivity contribution in [2.75, 3.05) is 18.1 Å². The van der Waals surface area contributed by atoms with E-state index < -0.39 is 43.6 Å². The Morgan fingerprint density at radius 1 is 1.05 bits per heavy atom. The maximum absolute atomic E-state index is 12.7. The van der Waals surface area contributed by atoms with Gasteiger partial charge in [-0.25, -0.2) is 4.79 Å². The molecule has 1 fully saturated rings. The van der Waals surface area contributed by atoms with Crippen molar-refractivity contribution in [1.82, 2.24) is 0 Å². The predicted molar refractivity (Wildman–Crippen MR) is 149 cm³/mol. The fourth-order valence-corrected chi connectivity index (χ4v) is 5.76. The van der Waals surface area contributed by atoms with Crippen LogP contribution in [-0.4, -0.2) is 75.0 Å². The van der Waals surface area contributed by atoms with Gasteiger partial charge in [0.05, 0.1) is 12.7 Å². The molecule has 1 aliphatic heterocycles. The van der Waals surface area contributed by atoms with Crippen molar-refractivity contribution >= 4 is 28.9 Å². The first kappa shape index (κ1) is 31.2. The van der Waals surface area contributed by atoms with Crippen LogP contribution in [0.3, 0.4) is 0 Å². The zero-order valence-electron chi connectivity index (χ0n) is 22.4. The Balaban J connectivity index is 1.48. The Hall–Kier alpha value is -2.34. The minimum atomic E-state index is -1.62. The Morgan fingerprint density at radius 3 is 2.49 bits per heavy atom. The summed E-state index contributed by atoms with van der Waals surface area (Å²) in [5.74, 6) is -0.529. The second-order valence-corrected chi connectivity index (χ2v) is 11.3. The fraction of sp³-hybridized carbons (Fsp3) is 0.586. The maximum Gasteiger partial charge on any atom is 0.348 e. The molecule has 1 saturated heterocycles. The van der Waals surface area contributed by atoms with Gasteiger partial charge in [-0.15, -0.1) is 11.3 Å². The van der Waals surface area contributed by atoms with Crippen LogP contribution in [0.5, 0.6) is 0 Å². The highest BCUT2D eigenvalue weighted by atomic mass is 32.1. The van der Waals surface area contributed by atoms with Crippen LogP contribution in [0.25, 0.3) is 0 Å². The Morgan fingerprint density at radius 2 is 1.79 bits per heavy atom. The summed E-state index contributed by atoms with van der Waals surface area (Å²) in [4.78, 5) is 28.2. The molecule has 1 aromatic carbocycles. The van der Waals surface area contributed by atoms with Gasteiger partial charge in [0.25, 0.3) is 0 Å². The topological polar surface area (TPSA) is 148 Å². The Bertz CT molecular complexity index is 1040. The van der Waals surface area contributed by atoms with Gasteiger partial charge < -0.3 is 35.2 Å². The second kappa shape index (κ2) is 15.4. The van der Waals surface area contributed by atoms with E-state index in [1.54, 1.807) is 6.07 Å². The Labute approximate surface area is 233 Å². The van der Waals surface area contributed by atoms with Crippen LogP contribution in [0.15, 0.2) is 36.4 Å². The summed E-state index contributed by atoms with van der Waals surface area (Å²) in [6, 6.07) is 11.3. The molecule has 0 spiro atoms. The number of esters is 1. The summed E-state index contributed by atoms with van der Waals surface area (Å²) in [6.45, 7) is 0.912. The van der Waals surface area contributed by atoms with Crippen molar-refractivity contribution in [2.45, 2.75) is 95.2 Å². The van der Waals surface area contributed by atoms with Crippen molar-refractivity contribution in [3.8, 4) is 0 Å². The first-order valence-electron chi connectivity index (χ1n) is 13.8. The SMILES string of the molecule is CCCCC[C@H](O)c1ccc(N2C(=O)CC[C@@H]2CCCc2ccc(C(=O)OC[C@@H](O)[C@H](O)[C@@H](O)CO)s2)cc1. The zero-order chi connectivity index (χ0) is 28.4. The smallest absolute Gasteiger partial charge is 0.348 e. The summed E-state index contributed by atoms with van der Waals surface area (Å²) in [7, 11) is 0. The van der Waals surface area contributed by atoms with Crippen molar-refractivity contribution in [3.63, 3.8) is 0 Å². The number of carbonyl (C=O) groups is 2. The molecule has 2 heterocycles. The number of hydrogen-bond donors (Lipinski definition) is 5. The lowest BCUT2D eigenvalue weighted by Crippen LogP contribution is -2.42. The average molecular weight is 564 g/mol. The minimum absolute atomic E-state index is 0.101. The van der Waals surface area contributed by atoms with Gasteiger partial charge in [0.1, 0.15) is 29.8 Å². The van der Waals surface area contributed by atoms with Gasteiger partial charge in [-0.1, -0.05) is 38.3 Å². The van der Waals surface area contributed by atoms with Gasteiger partial charge >= 0.3 is 5.97 Å². The molecule has 0 saturated carbocycles.